The van der Waals surface area contributed by atoms with Gasteiger partial charge in [-0.2, -0.15) is 22.7 Å². The van der Waals surface area contributed by atoms with Crippen molar-refractivity contribution in [2.24, 2.45) is 0 Å². The summed E-state index contributed by atoms with van der Waals surface area (Å²) in [6.07, 6.45) is -0.267. The Morgan fingerprint density at radius 2 is 1.66 bits per heavy atom. The molecule has 0 saturated heterocycles. The lowest BCUT2D eigenvalue weighted by Crippen LogP contribution is -2.20. The van der Waals surface area contributed by atoms with E-state index in [1.165, 1.54) is 12.3 Å². The average Bonchev–Trinajstić information content (AvgIpc) is 3.32. The quantitative estimate of drug-likeness (QED) is 0.110. The maximum Gasteiger partial charge on any atom is 0.393 e. The molecule has 4 rings (SSSR count). The number of alkyl halides is 3. The molecule has 1 N–H and O–H groups in total. The Kier molecular flexibility index (Phi) is 9.75. The lowest BCUT2D eigenvalue weighted by atomic mass is 9.88. The molecule has 0 unspecified atom stereocenters. The highest BCUT2D eigenvalue weighted by Crippen LogP contribution is 2.40. The van der Waals surface area contributed by atoms with Crippen LogP contribution in [0.15, 0.2) is 66.9 Å². The smallest absolute Gasteiger partial charge is 0.393 e. The van der Waals surface area contributed by atoms with Crippen LogP contribution >= 0.6 is 0 Å². The summed E-state index contributed by atoms with van der Waals surface area (Å²) >= 11 is 0. The molecule has 2 aromatic carbocycles. The minimum Gasteiger partial charge on any atom is -0.478 e. The molecular formula is C31H32F4N4O2. The molecule has 0 atom stereocenters. The number of benzene rings is 2. The molecule has 216 valence electrons. The lowest BCUT2D eigenvalue weighted by molar-refractivity contribution is -0.128. The van der Waals surface area contributed by atoms with E-state index in [-0.39, 0.29) is 16.9 Å². The van der Waals surface area contributed by atoms with Gasteiger partial charge in [0.15, 0.2) is 0 Å². The Bertz CT molecular complexity index is 1480. The Morgan fingerprint density at radius 1 is 0.927 bits per heavy atom. The number of unbranched alkanes of at least 4 members (excludes halogenated alkanes) is 3. The van der Waals surface area contributed by atoms with Gasteiger partial charge in [-0.15, -0.1) is 0 Å². The largest absolute Gasteiger partial charge is 0.478 e. The van der Waals surface area contributed by atoms with Crippen molar-refractivity contribution in [3.05, 3.63) is 89.5 Å². The maximum absolute atomic E-state index is 14.4. The Labute approximate surface area is 236 Å². The van der Waals surface area contributed by atoms with Gasteiger partial charge in [0, 0.05) is 38.3 Å². The number of carbonyl (C=O) groups excluding carboxylic acids is 1. The summed E-state index contributed by atoms with van der Waals surface area (Å²) in [5, 5.41) is 6.34. The van der Waals surface area contributed by atoms with Gasteiger partial charge in [-0.1, -0.05) is 49.2 Å². The standard InChI is InChI=1S/C31H32F4N4O2/c1-39(2)28(40)12-8-3-4-9-17-41-27-16-14-23(20-36-27)29(22-13-15-26-24(18-22)30(32)38-37-26)25(19-31(33,34)35)21-10-6-5-7-11-21/h5-7,10-11,13-16,18,20H,3-4,8-9,12,17,19H2,1-2H3,(H,37,38)/b29-25-. The van der Waals surface area contributed by atoms with Crippen molar-refractivity contribution in [3.8, 4) is 5.88 Å². The third-order valence-corrected chi connectivity index (χ3v) is 6.66. The van der Waals surface area contributed by atoms with Crippen molar-refractivity contribution >= 4 is 28.0 Å². The monoisotopic (exact) mass is 568 g/mol. The number of H-pyrrole nitrogens is 1. The third kappa shape index (κ3) is 8.15. The molecule has 2 heterocycles. The summed E-state index contributed by atoms with van der Waals surface area (Å²) in [4.78, 5) is 17.6. The summed E-state index contributed by atoms with van der Waals surface area (Å²) in [5.41, 5.74) is 1.96. The van der Waals surface area contributed by atoms with Crippen LogP contribution in [-0.4, -0.2) is 52.9 Å². The van der Waals surface area contributed by atoms with Gasteiger partial charge in [0.2, 0.25) is 17.7 Å². The number of halogens is 4. The van der Waals surface area contributed by atoms with Crippen molar-refractivity contribution in [1.29, 1.82) is 0 Å². The van der Waals surface area contributed by atoms with Crippen LogP contribution in [0.5, 0.6) is 5.88 Å². The molecule has 41 heavy (non-hydrogen) atoms. The number of nitrogens with one attached hydrogen (secondary N) is 1. The van der Waals surface area contributed by atoms with E-state index in [1.807, 2.05) is 0 Å². The van der Waals surface area contributed by atoms with E-state index in [0.717, 1.165) is 25.7 Å². The summed E-state index contributed by atoms with van der Waals surface area (Å²) in [7, 11) is 3.48. The number of hydrogen-bond acceptors (Lipinski definition) is 4. The van der Waals surface area contributed by atoms with Crippen LogP contribution < -0.4 is 4.74 Å². The van der Waals surface area contributed by atoms with E-state index in [2.05, 4.69) is 15.2 Å². The first-order chi connectivity index (χ1) is 19.6. The first-order valence-electron chi connectivity index (χ1n) is 13.4. The van der Waals surface area contributed by atoms with Gasteiger partial charge >= 0.3 is 6.18 Å². The van der Waals surface area contributed by atoms with Gasteiger partial charge in [0.05, 0.1) is 23.9 Å². The van der Waals surface area contributed by atoms with Gasteiger partial charge in [0.25, 0.3) is 0 Å². The minimum absolute atomic E-state index is 0.0459. The van der Waals surface area contributed by atoms with E-state index >= 15 is 0 Å². The maximum atomic E-state index is 14.4. The summed E-state index contributed by atoms with van der Waals surface area (Å²) in [6, 6.07) is 16.3. The van der Waals surface area contributed by atoms with Crippen molar-refractivity contribution < 1.29 is 27.1 Å². The third-order valence-electron chi connectivity index (χ3n) is 6.66. The Hall–Kier alpha value is -4.21. The van der Waals surface area contributed by atoms with E-state index in [1.54, 1.807) is 73.6 Å². The fourth-order valence-corrected chi connectivity index (χ4v) is 4.57. The van der Waals surface area contributed by atoms with Crippen molar-refractivity contribution in [1.82, 2.24) is 20.1 Å². The number of allylic oxidation sites excluding steroid dienone is 1. The highest BCUT2D eigenvalue weighted by Gasteiger charge is 2.31. The molecule has 0 radical (unpaired) electrons. The normalized spacial score (nSPS) is 12.3. The van der Waals surface area contributed by atoms with Crippen LogP contribution in [0.1, 0.15) is 55.2 Å². The Balaban J connectivity index is 1.58. The van der Waals surface area contributed by atoms with Crippen LogP contribution in [0.25, 0.3) is 22.0 Å². The Morgan fingerprint density at radius 3 is 2.34 bits per heavy atom. The molecule has 1 amide bonds. The lowest BCUT2D eigenvalue weighted by Gasteiger charge is -2.19. The number of pyridine rings is 1. The molecule has 0 spiro atoms. The van der Waals surface area contributed by atoms with Crippen LogP contribution in [0.4, 0.5) is 17.6 Å². The summed E-state index contributed by atoms with van der Waals surface area (Å²) < 4.78 is 61.8. The predicted octanol–water partition coefficient (Wildman–Crippen LogP) is 7.43. The molecule has 10 heteroatoms. The van der Waals surface area contributed by atoms with Gasteiger partial charge in [-0.25, -0.2) is 4.98 Å². The van der Waals surface area contributed by atoms with Crippen molar-refractivity contribution in [2.45, 2.75) is 44.7 Å². The molecular weight excluding hydrogens is 536 g/mol. The fourth-order valence-electron chi connectivity index (χ4n) is 4.57. The second kappa shape index (κ2) is 13.4. The molecule has 0 bridgehead atoms. The number of carbonyl (C=O) groups is 1. The first kappa shape index (κ1) is 29.8. The topological polar surface area (TPSA) is 71.1 Å². The number of nitrogens with zero attached hydrogens (tertiary/aromatic N) is 3. The number of amides is 1. The van der Waals surface area contributed by atoms with Crippen LogP contribution in [0.3, 0.4) is 0 Å². The van der Waals surface area contributed by atoms with Crippen molar-refractivity contribution in [3.63, 3.8) is 0 Å². The number of fused-ring (bicyclic) bond motifs is 1. The zero-order valence-electron chi connectivity index (χ0n) is 23.0. The van der Waals surface area contributed by atoms with E-state index < -0.39 is 18.5 Å². The average molecular weight is 569 g/mol. The highest BCUT2D eigenvalue weighted by molar-refractivity contribution is 6.00. The van der Waals surface area contributed by atoms with E-state index in [4.69, 9.17) is 4.74 Å². The molecule has 0 aliphatic carbocycles. The number of aromatic nitrogens is 3. The number of aromatic amines is 1. The SMILES string of the molecule is CN(C)C(=O)CCCCCCOc1ccc(/C(=C(/CC(F)(F)F)c2ccccc2)c2ccc3n[nH]c(F)c3c2)cn1. The molecule has 2 aromatic heterocycles. The summed E-state index contributed by atoms with van der Waals surface area (Å²) in [5.74, 6) is -0.201. The highest BCUT2D eigenvalue weighted by atomic mass is 19.4. The van der Waals surface area contributed by atoms with Gasteiger partial charge in [0.1, 0.15) is 0 Å². The predicted molar refractivity (Wildman–Crippen MR) is 151 cm³/mol. The number of ether oxygens (including phenoxy) is 1. The molecule has 0 aliphatic heterocycles. The molecule has 4 aromatic rings. The van der Waals surface area contributed by atoms with Crippen molar-refractivity contribution in [2.75, 3.05) is 20.7 Å². The zero-order valence-corrected chi connectivity index (χ0v) is 23.0. The zero-order chi connectivity index (χ0) is 29.4. The van der Waals surface area contributed by atoms with Crippen LogP contribution in [0, 0.1) is 5.95 Å². The number of rotatable bonds is 12. The van der Waals surface area contributed by atoms with Gasteiger partial charge in [-0.3, -0.25) is 9.89 Å². The van der Waals surface area contributed by atoms with Gasteiger partial charge < -0.3 is 9.64 Å². The molecule has 0 aliphatic rings. The van der Waals surface area contributed by atoms with E-state index in [0.29, 0.717) is 46.7 Å². The number of hydrogen-bond donors (Lipinski definition) is 1. The summed E-state index contributed by atoms with van der Waals surface area (Å²) in [6.45, 7) is 0.427. The fraction of sp³-hybridized carbons (Fsp3) is 0.323. The second-order valence-corrected chi connectivity index (χ2v) is 9.97. The first-order valence-corrected chi connectivity index (χ1v) is 13.4. The van der Waals surface area contributed by atoms with Crippen LogP contribution in [-0.2, 0) is 4.79 Å². The molecule has 0 fully saturated rings. The van der Waals surface area contributed by atoms with E-state index in [9.17, 15) is 22.4 Å². The van der Waals surface area contributed by atoms with Crippen LogP contribution in [0.2, 0.25) is 0 Å². The molecule has 6 nitrogen and oxygen atoms in total. The molecule has 0 saturated carbocycles. The minimum atomic E-state index is -4.49. The second-order valence-electron chi connectivity index (χ2n) is 9.97. The van der Waals surface area contributed by atoms with Gasteiger partial charge in [-0.05, 0) is 53.3 Å².